The van der Waals surface area contributed by atoms with E-state index in [9.17, 15) is 19.1 Å². The quantitative estimate of drug-likeness (QED) is 0.616. The molecular weight excluding hydrogens is 457 g/mol. The van der Waals surface area contributed by atoms with Crippen LogP contribution >= 0.6 is 11.8 Å². The van der Waals surface area contributed by atoms with Crippen LogP contribution in [0.4, 0.5) is 4.39 Å². The Balaban J connectivity index is 1.64. The van der Waals surface area contributed by atoms with Crippen molar-refractivity contribution in [1.29, 1.82) is 0 Å². The van der Waals surface area contributed by atoms with Gasteiger partial charge < -0.3 is 33.8 Å². The van der Waals surface area contributed by atoms with Gasteiger partial charge in [-0.2, -0.15) is 0 Å². The average Bonchev–Trinajstić information content (AvgIpc) is 3.31. The maximum Gasteiger partial charge on any atom is 0.332 e. The third-order valence-corrected chi connectivity index (χ3v) is 6.44. The number of halogens is 1. The van der Waals surface area contributed by atoms with Crippen LogP contribution in [0, 0.1) is 5.82 Å². The number of hydrogen-bond acceptors (Lipinski definition) is 8. The van der Waals surface area contributed by atoms with E-state index in [0.717, 1.165) is 0 Å². The molecule has 9 nitrogen and oxygen atoms in total. The molecule has 7 atom stereocenters. The third kappa shape index (κ3) is 5.56. The monoisotopic (exact) mass is 481 g/mol. The molecule has 0 bridgehead atoms. The van der Waals surface area contributed by atoms with Gasteiger partial charge in [0, 0.05) is 11.8 Å². The van der Waals surface area contributed by atoms with Crippen LogP contribution in [0.5, 0.6) is 0 Å². The first kappa shape index (κ1) is 23.7. The summed E-state index contributed by atoms with van der Waals surface area (Å²) in [5, 5.41) is 12.3. The summed E-state index contributed by atoms with van der Waals surface area (Å²) >= 11 is 1.26. The number of rotatable bonds is 7. The maximum absolute atomic E-state index is 13.4. The van der Waals surface area contributed by atoms with Crippen molar-refractivity contribution in [3.63, 3.8) is 0 Å². The van der Waals surface area contributed by atoms with Gasteiger partial charge in [-0.25, -0.2) is 9.18 Å². The van der Waals surface area contributed by atoms with Gasteiger partial charge in [0.25, 0.3) is 0 Å². The van der Waals surface area contributed by atoms with Crippen LogP contribution in [0.15, 0.2) is 52.0 Å². The minimum absolute atomic E-state index is 0.130. The molecule has 0 saturated carbocycles. The molecule has 2 aliphatic heterocycles. The second-order valence-corrected chi connectivity index (χ2v) is 8.88. The predicted molar refractivity (Wildman–Crippen MR) is 113 cm³/mol. The Kier molecular flexibility index (Phi) is 7.35. The third-order valence-electron chi connectivity index (χ3n) is 5.26. The Bertz CT molecular complexity index is 956. The van der Waals surface area contributed by atoms with Gasteiger partial charge in [0.05, 0.1) is 18.9 Å². The van der Waals surface area contributed by atoms with Crippen LogP contribution in [0.3, 0.4) is 0 Å². The van der Waals surface area contributed by atoms with E-state index in [1.165, 1.54) is 44.0 Å². The van der Waals surface area contributed by atoms with Gasteiger partial charge in [-0.1, -0.05) is 11.8 Å². The van der Waals surface area contributed by atoms with Crippen LogP contribution in [0.1, 0.15) is 25.9 Å². The zero-order valence-electron chi connectivity index (χ0n) is 17.9. The lowest BCUT2D eigenvalue weighted by Crippen LogP contribution is -2.66. The smallest absolute Gasteiger partial charge is 0.332 e. The molecule has 2 aliphatic rings. The Hall–Kier alpha value is -2.44. The number of carbonyl (C=O) groups excluding carboxylic acids is 1. The van der Waals surface area contributed by atoms with Crippen LogP contribution < -0.4 is 5.32 Å². The van der Waals surface area contributed by atoms with E-state index in [-0.39, 0.29) is 18.3 Å². The number of carbonyl (C=O) groups is 2. The molecule has 3 heterocycles. The van der Waals surface area contributed by atoms with Crippen LogP contribution in [0.2, 0.25) is 0 Å². The molecule has 2 aromatic rings. The van der Waals surface area contributed by atoms with E-state index in [4.69, 9.17) is 23.4 Å². The summed E-state index contributed by atoms with van der Waals surface area (Å²) in [4.78, 5) is 24.3. The molecule has 178 valence electrons. The van der Waals surface area contributed by atoms with Gasteiger partial charge >= 0.3 is 5.97 Å². The molecule has 11 heteroatoms. The Labute approximate surface area is 193 Å². The summed E-state index contributed by atoms with van der Waals surface area (Å²) in [7, 11) is 0. The molecule has 1 aromatic carbocycles. The number of benzene rings is 1. The number of thioether (sulfide) groups is 1. The molecule has 2 N–H and O–H groups in total. The average molecular weight is 481 g/mol. The second kappa shape index (κ2) is 10.2. The van der Waals surface area contributed by atoms with E-state index >= 15 is 0 Å². The highest BCUT2D eigenvalue weighted by molar-refractivity contribution is 7.99. The number of nitrogens with one attached hydrogen (secondary N) is 1. The summed E-state index contributed by atoms with van der Waals surface area (Å²) in [5.41, 5.74) is -0.682. The molecule has 4 rings (SSSR count). The molecule has 2 fully saturated rings. The number of hydrogen-bond donors (Lipinski definition) is 2. The molecule has 7 unspecified atom stereocenters. The van der Waals surface area contributed by atoms with Gasteiger partial charge in [-0.05, 0) is 43.3 Å². The van der Waals surface area contributed by atoms with E-state index in [0.29, 0.717) is 10.7 Å². The first-order valence-corrected chi connectivity index (χ1v) is 11.2. The minimum Gasteiger partial charge on any atom is -0.479 e. The van der Waals surface area contributed by atoms with Crippen molar-refractivity contribution < 1.29 is 42.5 Å². The van der Waals surface area contributed by atoms with Crippen LogP contribution in [-0.4, -0.2) is 59.5 Å². The fourth-order valence-corrected chi connectivity index (χ4v) is 4.86. The SMILES string of the molecule is CC(=O)NC1C(Sc2ccc(F)cc2)OC2COC(c3ccco3)OC2C1OC(C)C(=O)O. The standard InChI is InChI=1S/C22H24FNO8S/c1-11(20(26)27)30-19-17(24-12(2)25)22(33-14-7-5-13(23)6-8-14)31-16-10-29-21(32-18(16)19)15-4-3-9-28-15/h3-9,11,16-19,21-22H,10H2,1-2H3,(H,24,25)(H,26,27). The number of ether oxygens (including phenoxy) is 4. The summed E-state index contributed by atoms with van der Waals surface area (Å²) in [5.74, 6) is -1.44. The largest absolute Gasteiger partial charge is 0.479 e. The predicted octanol–water partition coefficient (Wildman–Crippen LogP) is 2.71. The number of furan rings is 1. The zero-order valence-corrected chi connectivity index (χ0v) is 18.7. The van der Waals surface area contributed by atoms with Crippen molar-refractivity contribution in [3.05, 3.63) is 54.2 Å². The van der Waals surface area contributed by atoms with Gasteiger partial charge in [0.2, 0.25) is 12.2 Å². The Morgan fingerprint density at radius 1 is 1.24 bits per heavy atom. The zero-order chi connectivity index (χ0) is 23.5. The number of carboxylic acid groups (broad SMARTS) is 1. The molecule has 2 saturated heterocycles. The normalized spacial score (nSPS) is 30.3. The van der Waals surface area contributed by atoms with Crippen molar-refractivity contribution in [2.24, 2.45) is 0 Å². The van der Waals surface area contributed by atoms with Crippen molar-refractivity contribution in [3.8, 4) is 0 Å². The fourth-order valence-electron chi connectivity index (χ4n) is 3.73. The van der Waals surface area contributed by atoms with Crippen molar-refractivity contribution in [2.45, 2.75) is 60.9 Å². The second-order valence-electron chi connectivity index (χ2n) is 7.70. The Morgan fingerprint density at radius 3 is 2.64 bits per heavy atom. The summed E-state index contributed by atoms with van der Waals surface area (Å²) in [6.07, 6.45) is -2.76. The minimum atomic E-state index is -1.17. The van der Waals surface area contributed by atoms with Crippen molar-refractivity contribution in [1.82, 2.24) is 5.32 Å². The van der Waals surface area contributed by atoms with Crippen molar-refractivity contribution >= 4 is 23.6 Å². The lowest BCUT2D eigenvalue weighted by molar-refractivity contribution is -0.317. The molecule has 33 heavy (non-hydrogen) atoms. The van der Waals surface area contributed by atoms with Gasteiger partial charge in [-0.15, -0.1) is 0 Å². The van der Waals surface area contributed by atoms with Gasteiger partial charge in [0.15, 0.2) is 11.9 Å². The first-order chi connectivity index (χ1) is 15.8. The van der Waals surface area contributed by atoms with Crippen LogP contribution in [0.25, 0.3) is 0 Å². The van der Waals surface area contributed by atoms with Gasteiger partial charge in [0.1, 0.15) is 29.6 Å². The summed E-state index contributed by atoms with van der Waals surface area (Å²) in [6.45, 7) is 2.88. The Morgan fingerprint density at radius 2 is 2.00 bits per heavy atom. The number of fused-ring (bicyclic) bond motifs is 1. The highest BCUT2D eigenvalue weighted by Crippen LogP contribution is 2.40. The fraction of sp³-hybridized carbons (Fsp3) is 0.455. The topological polar surface area (TPSA) is 116 Å². The molecule has 1 amide bonds. The van der Waals surface area contributed by atoms with Crippen LogP contribution in [-0.2, 0) is 28.5 Å². The number of carboxylic acids is 1. The lowest BCUT2D eigenvalue weighted by atomic mass is 9.96. The number of aliphatic carboxylic acids is 1. The molecule has 0 radical (unpaired) electrons. The van der Waals surface area contributed by atoms with Gasteiger partial charge in [-0.3, -0.25) is 4.79 Å². The first-order valence-electron chi connectivity index (χ1n) is 10.4. The summed E-state index contributed by atoms with van der Waals surface area (Å²) in [6, 6.07) is 8.46. The van der Waals surface area contributed by atoms with E-state index in [1.54, 1.807) is 24.3 Å². The maximum atomic E-state index is 13.4. The highest BCUT2D eigenvalue weighted by Gasteiger charge is 2.52. The van der Waals surface area contributed by atoms with E-state index in [2.05, 4.69) is 5.32 Å². The molecular formula is C22H24FNO8S. The van der Waals surface area contributed by atoms with E-state index < -0.39 is 48.2 Å². The summed E-state index contributed by atoms with van der Waals surface area (Å²) < 4.78 is 42.7. The molecule has 1 aromatic heterocycles. The molecule has 0 aliphatic carbocycles. The van der Waals surface area contributed by atoms with Crippen molar-refractivity contribution in [2.75, 3.05) is 6.61 Å². The lowest BCUT2D eigenvalue weighted by Gasteiger charge is -2.49. The highest BCUT2D eigenvalue weighted by atomic mass is 32.2. The van der Waals surface area contributed by atoms with E-state index in [1.807, 2.05) is 0 Å². The molecule has 0 spiro atoms. The number of amides is 1.